The lowest BCUT2D eigenvalue weighted by molar-refractivity contribution is -0.0914. The Balaban J connectivity index is 1.53. The number of methoxy groups -OCH3 is 1. The smallest absolute Gasteiger partial charge is 0.410 e. The Morgan fingerprint density at radius 2 is 1.77 bits per heavy atom. The van der Waals surface area contributed by atoms with E-state index in [0.717, 1.165) is 12.0 Å². The quantitative estimate of drug-likeness (QED) is 0.795. The Morgan fingerprint density at radius 3 is 2.40 bits per heavy atom. The van der Waals surface area contributed by atoms with Crippen molar-refractivity contribution in [1.82, 2.24) is 4.90 Å². The van der Waals surface area contributed by atoms with Gasteiger partial charge in [-0.3, -0.25) is 0 Å². The molecule has 2 atom stereocenters. The summed E-state index contributed by atoms with van der Waals surface area (Å²) in [6, 6.07) is 11.5. The largest absolute Gasteiger partial charge is 0.494 e. The molecule has 2 aromatic carbocycles. The predicted molar refractivity (Wildman–Crippen MR) is 106 cm³/mol. The first-order valence-electron chi connectivity index (χ1n) is 10.2. The number of piperidine rings is 2. The zero-order chi connectivity index (χ0) is 21.3. The maximum Gasteiger partial charge on any atom is 0.410 e. The zero-order valence-corrected chi connectivity index (χ0v) is 16.8. The fourth-order valence-electron chi connectivity index (χ4n) is 4.79. The molecule has 7 heteroatoms. The first kappa shape index (κ1) is 20.6. The average Bonchev–Trinajstić information content (AvgIpc) is 2.74. The Morgan fingerprint density at radius 1 is 1.10 bits per heavy atom. The molecule has 2 bridgehead atoms. The van der Waals surface area contributed by atoms with Crippen LogP contribution in [0, 0.1) is 11.6 Å². The summed E-state index contributed by atoms with van der Waals surface area (Å²) in [5.74, 6) is -2.42. The van der Waals surface area contributed by atoms with Crippen LogP contribution >= 0.6 is 0 Å². The summed E-state index contributed by atoms with van der Waals surface area (Å²) in [7, 11) is 1.26. The maximum absolute atomic E-state index is 14.7. The topological polar surface area (TPSA) is 59.0 Å². The summed E-state index contributed by atoms with van der Waals surface area (Å²) in [6.07, 6.45) is 2.10. The normalized spacial score (nSPS) is 25.7. The number of fused-ring (bicyclic) bond motifs is 2. The lowest BCUT2D eigenvalue weighted by atomic mass is 9.72. The van der Waals surface area contributed by atoms with Gasteiger partial charge in [0.15, 0.2) is 11.6 Å². The third-order valence-corrected chi connectivity index (χ3v) is 6.19. The monoisotopic (exact) mass is 417 g/mol. The van der Waals surface area contributed by atoms with Crippen molar-refractivity contribution in [2.24, 2.45) is 0 Å². The third-order valence-electron chi connectivity index (χ3n) is 6.19. The number of nitrogens with zero attached hydrogens (tertiary/aromatic N) is 1. The van der Waals surface area contributed by atoms with Crippen molar-refractivity contribution in [2.45, 2.75) is 56.4 Å². The van der Waals surface area contributed by atoms with Crippen molar-refractivity contribution in [3.05, 3.63) is 65.2 Å². The average molecular weight is 417 g/mol. The van der Waals surface area contributed by atoms with E-state index in [0.29, 0.717) is 12.8 Å². The van der Waals surface area contributed by atoms with E-state index in [1.165, 1.54) is 19.2 Å². The van der Waals surface area contributed by atoms with Crippen LogP contribution in [0.1, 0.15) is 43.2 Å². The van der Waals surface area contributed by atoms with E-state index in [-0.39, 0.29) is 42.8 Å². The number of halogens is 2. The molecule has 30 heavy (non-hydrogen) atoms. The number of ether oxygens (including phenoxy) is 2. The second-order valence-electron chi connectivity index (χ2n) is 8.07. The minimum absolute atomic E-state index is 0.0880. The molecule has 1 N–H and O–H groups in total. The highest BCUT2D eigenvalue weighted by atomic mass is 19.2. The maximum atomic E-state index is 14.7. The highest BCUT2D eigenvalue weighted by Crippen LogP contribution is 2.46. The Labute approximate surface area is 174 Å². The predicted octanol–water partition coefficient (Wildman–Crippen LogP) is 4.51. The minimum atomic E-state index is -1.55. The number of amides is 1. The van der Waals surface area contributed by atoms with Crippen molar-refractivity contribution in [3.8, 4) is 5.75 Å². The summed E-state index contributed by atoms with van der Waals surface area (Å²) >= 11 is 0. The molecule has 0 spiro atoms. The van der Waals surface area contributed by atoms with Gasteiger partial charge in [-0.15, -0.1) is 0 Å². The van der Waals surface area contributed by atoms with Gasteiger partial charge in [-0.25, -0.2) is 9.18 Å². The lowest BCUT2D eigenvalue weighted by Crippen LogP contribution is -2.59. The molecular weight excluding hydrogens is 392 g/mol. The molecule has 2 fully saturated rings. The van der Waals surface area contributed by atoms with Gasteiger partial charge < -0.3 is 19.5 Å². The Hall–Kier alpha value is -2.67. The van der Waals surface area contributed by atoms with E-state index in [1.54, 1.807) is 4.90 Å². The summed E-state index contributed by atoms with van der Waals surface area (Å²) in [5, 5.41) is 11.3. The molecule has 5 nitrogen and oxygen atoms in total. The van der Waals surface area contributed by atoms with E-state index in [9.17, 15) is 18.7 Å². The summed E-state index contributed by atoms with van der Waals surface area (Å²) < 4.78 is 39.3. The molecule has 160 valence electrons. The molecule has 2 heterocycles. The summed E-state index contributed by atoms with van der Waals surface area (Å²) in [5.41, 5.74) is -0.751. The van der Waals surface area contributed by atoms with Crippen LogP contribution in [0.25, 0.3) is 0 Å². The van der Waals surface area contributed by atoms with Crippen molar-refractivity contribution in [1.29, 1.82) is 0 Å². The van der Waals surface area contributed by atoms with Crippen molar-refractivity contribution in [2.75, 3.05) is 7.11 Å². The van der Waals surface area contributed by atoms with Crippen LogP contribution in [-0.4, -0.2) is 35.3 Å². The Bertz CT molecular complexity index is 907. The van der Waals surface area contributed by atoms with E-state index in [2.05, 4.69) is 0 Å². The Kier molecular flexibility index (Phi) is 5.64. The van der Waals surface area contributed by atoms with Crippen LogP contribution in [0.5, 0.6) is 5.75 Å². The highest BCUT2D eigenvalue weighted by molar-refractivity contribution is 5.69. The van der Waals surface area contributed by atoms with Gasteiger partial charge in [0.2, 0.25) is 5.82 Å². The van der Waals surface area contributed by atoms with E-state index < -0.39 is 23.3 Å². The number of carbonyl (C=O) groups excluding carboxylic acids is 1. The van der Waals surface area contributed by atoms with Gasteiger partial charge in [-0.2, -0.15) is 4.39 Å². The minimum Gasteiger partial charge on any atom is -0.494 e. The molecular formula is C23H25F2NO4. The second-order valence-corrected chi connectivity index (χ2v) is 8.07. The fourth-order valence-corrected chi connectivity index (χ4v) is 4.79. The number of rotatable bonds is 4. The van der Waals surface area contributed by atoms with Gasteiger partial charge >= 0.3 is 6.09 Å². The number of hydrogen-bond donors (Lipinski definition) is 1. The fraction of sp³-hybridized carbons (Fsp3) is 0.435. The van der Waals surface area contributed by atoms with Crippen LogP contribution in [0.4, 0.5) is 13.6 Å². The van der Waals surface area contributed by atoms with Gasteiger partial charge in [0.1, 0.15) is 6.61 Å². The van der Waals surface area contributed by atoms with Gasteiger partial charge in [0, 0.05) is 30.5 Å². The van der Waals surface area contributed by atoms with Crippen LogP contribution in [0.3, 0.4) is 0 Å². The summed E-state index contributed by atoms with van der Waals surface area (Å²) in [4.78, 5) is 14.5. The molecule has 1 amide bonds. The zero-order valence-electron chi connectivity index (χ0n) is 16.8. The molecule has 0 saturated carbocycles. The first-order valence-corrected chi connectivity index (χ1v) is 10.2. The molecule has 2 aliphatic heterocycles. The van der Waals surface area contributed by atoms with Gasteiger partial charge in [0.05, 0.1) is 12.7 Å². The number of benzene rings is 2. The second kappa shape index (κ2) is 8.22. The van der Waals surface area contributed by atoms with Crippen LogP contribution in [0.15, 0.2) is 42.5 Å². The van der Waals surface area contributed by atoms with Crippen molar-refractivity contribution < 1.29 is 28.2 Å². The molecule has 2 unspecified atom stereocenters. The molecule has 0 aliphatic carbocycles. The van der Waals surface area contributed by atoms with Crippen molar-refractivity contribution >= 4 is 6.09 Å². The summed E-state index contributed by atoms with van der Waals surface area (Å²) in [6.45, 7) is 0.165. The van der Waals surface area contributed by atoms with Gasteiger partial charge in [-0.1, -0.05) is 30.3 Å². The highest BCUT2D eigenvalue weighted by Gasteiger charge is 2.50. The molecule has 4 rings (SSSR count). The van der Waals surface area contributed by atoms with E-state index in [1.807, 2.05) is 30.3 Å². The van der Waals surface area contributed by atoms with Crippen LogP contribution in [0.2, 0.25) is 0 Å². The number of hydrogen-bond acceptors (Lipinski definition) is 4. The number of carbonyl (C=O) groups is 1. The molecule has 0 aromatic heterocycles. The SMILES string of the molecule is COc1ccc(C2(O)CC3CCCC(C2)N3C(=O)OCc2ccccc2)c(F)c1F. The van der Waals surface area contributed by atoms with E-state index >= 15 is 0 Å². The number of aliphatic hydroxyl groups is 1. The van der Waals surface area contributed by atoms with Gasteiger partial charge in [-0.05, 0) is 37.0 Å². The standard InChI is InChI=1S/C23H25F2NO4/c1-29-19-11-10-18(20(24)21(19)25)23(28)12-16-8-5-9-17(13-23)26(16)22(27)30-14-15-6-3-2-4-7-15/h2-4,6-7,10-11,16-17,28H,5,8-9,12-14H2,1H3. The van der Waals surface area contributed by atoms with E-state index in [4.69, 9.17) is 9.47 Å². The molecule has 2 aliphatic rings. The van der Waals surface area contributed by atoms with Crippen LogP contribution in [-0.2, 0) is 16.9 Å². The molecule has 2 aromatic rings. The molecule has 0 radical (unpaired) electrons. The molecule has 2 saturated heterocycles. The van der Waals surface area contributed by atoms with Gasteiger partial charge in [0.25, 0.3) is 0 Å². The third kappa shape index (κ3) is 3.74. The first-order chi connectivity index (χ1) is 14.4. The van der Waals surface area contributed by atoms with Crippen molar-refractivity contribution in [3.63, 3.8) is 0 Å². The lowest BCUT2D eigenvalue weighted by Gasteiger charge is -2.51. The van der Waals surface area contributed by atoms with Crippen LogP contribution < -0.4 is 4.74 Å².